The molecule has 0 aliphatic rings. The molecule has 1 unspecified atom stereocenters. The zero-order valence-electron chi connectivity index (χ0n) is 17.0. The molecule has 0 aliphatic carbocycles. The third-order valence-electron chi connectivity index (χ3n) is 5.14. The Kier molecular flexibility index (Phi) is 8.62. The van der Waals surface area contributed by atoms with Crippen LogP contribution in [0.5, 0.6) is 0 Å². The maximum absolute atomic E-state index is 12.1. The molecule has 0 saturated heterocycles. The average molecular weight is 428 g/mol. The lowest BCUT2D eigenvalue weighted by Gasteiger charge is -2.07. The molecule has 30 heavy (non-hydrogen) atoms. The van der Waals surface area contributed by atoms with Crippen LogP contribution in [-0.4, -0.2) is 32.6 Å². The van der Waals surface area contributed by atoms with E-state index in [1.807, 2.05) is 6.20 Å². The van der Waals surface area contributed by atoms with Crippen molar-refractivity contribution in [3.8, 4) is 11.1 Å². The first-order chi connectivity index (χ1) is 14.7. The van der Waals surface area contributed by atoms with Gasteiger partial charge in [-0.15, -0.1) is 0 Å². The third-order valence-corrected chi connectivity index (χ3v) is 6.24. The third kappa shape index (κ3) is 6.79. The van der Waals surface area contributed by atoms with Crippen LogP contribution in [0.4, 0.5) is 0 Å². The highest BCUT2D eigenvalue weighted by Gasteiger charge is 2.04. The summed E-state index contributed by atoms with van der Waals surface area (Å²) in [6.45, 7) is 0.708. The van der Waals surface area contributed by atoms with E-state index in [2.05, 4.69) is 58.2 Å². The van der Waals surface area contributed by atoms with Gasteiger partial charge in [0, 0.05) is 30.4 Å². The van der Waals surface area contributed by atoms with Gasteiger partial charge in [-0.3, -0.25) is 10.0 Å². The van der Waals surface area contributed by atoms with Crippen LogP contribution in [0.1, 0.15) is 37.7 Å². The summed E-state index contributed by atoms with van der Waals surface area (Å²) in [6.07, 6.45) is 6.63. The van der Waals surface area contributed by atoms with E-state index >= 15 is 0 Å². The summed E-state index contributed by atoms with van der Waals surface area (Å²) in [6, 6.07) is 16.9. The molecule has 0 radical (unpaired) electrons. The molecule has 3 aromatic rings. The summed E-state index contributed by atoms with van der Waals surface area (Å²) in [5.74, 6) is 0.245. The molecule has 1 atom stereocenters. The maximum atomic E-state index is 12.1. The van der Waals surface area contributed by atoms with Gasteiger partial charge in [-0.1, -0.05) is 43.2 Å². The molecule has 7 heteroatoms. The fraction of sp³-hybridized carbons (Fsp3) is 0.348. The molecule has 0 spiro atoms. The Morgan fingerprint density at radius 2 is 1.73 bits per heavy atom. The molecule has 6 nitrogen and oxygen atoms in total. The van der Waals surface area contributed by atoms with Crippen molar-refractivity contribution < 1.29 is 14.2 Å². The van der Waals surface area contributed by atoms with Gasteiger partial charge in [0.25, 0.3) is 0 Å². The second-order valence-electron chi connectivity index (χ2n) is 7.37. The molecule has 1 aromatic heterocycles. The number of hydrogen-bond acceptors (Lipinski definition) is 3. The zero-order valence-corrected chi connectivity index (χ0v) is 17.8. The van der Waals surface area contributed by atoms with Crippen molar-refractivity contribution in [3.05, 3.63) is 60.3 Å². The molecule has 160 valence electrons. The minimum atomic E-state index is -1.04. The average Bonchev–Trinajstić information content (AvgIpc) is 3.25. The van der Waals surface area contributed by atoms with Gasteiger partial charge in [-0.2, -0.15) is 0 Å². The molecule has 0 aliphatic heterocycles. The van der Waals surface area contributed by atoms with Crippen molar-refractivity contribution >= 4 is 27.8 Å². The van der Waals surface area contributed by atoms with Crippen molar-refractivity contribution in [1.82, 2.24) is 15.2 Å². The Bertz CT molecular complexity index is 969. The highest BCUT2D eigenvalue weighted by Crippen LogP contribution is 2.24. The van der Waals surface area contributed by atoms with Gasteiger partial charge in [0.2, 0.25) is 5.91 Å². The highest BCUT2D eigenvalue weighted by atomic mass is 32.2. The van der Waals surface area contributed by atoms with E-state index in [0.717, 1.165) is 37.6 Å². The predicted octanol–water partition coefficient (Wildman–Crippen LogP) is 4.09. The number of hydrogen-bond donors (Lipinski definition) is 4. The van der Waals surface area contributed by atoms with Crippen LogP contribution in [0.2, 0.25) is 0 Å². The topological polar surface area (TPSA) is 94.2 Å². The summed E-state index contributed by atoms with van der Waals surface area (Å²) >= 11 is 0. The highest BCUT2D eigenvalue weighted by molar-refractivity contribution is 7.83. The summed E-state index contributed by atoms with van der Waals surface area (Å²) in [5.41, 5.74) is 6.32. The molecule has 2 aromatic carbocycles. The molecule has 3 rings (SSSR count). The van der Waals surface area contributed by atoms with E-state index in [-0.39, 0.29) is 5.91 Å². The van der Waals surface area contributed by atoms with Crippen molar-refractivity contribution in [3.63, 3.8) is 0 Å². The summed E-state index contributed by atoms with van der Waals surface area (Å²) in [7, 11) is -1.04. The fourth-order valence-electron chi connectivity index (χ4n) is 3.39. The quantitative estimate of drug-likeness (QED) is 0.199. The van der Waals surface area contributed by atoms with Crippen LogP contribution < -0.4 is 10.2 Å². The molecule has 4 N–H and O–H groups in total. The second kappa shape index (κ2) is 11.6. The Hall–Kier alpha value is -2.48. The van der Waals surface area contributed by atoms with E-state index < -0.39 is 11.0 Å². The van der Waals surface area contributed by atoms with Crippen molar-refractivity contribution in [2.75, 3.05) is 12.3 Å². The molecule has 1 heterocycles. The van der Waals surface area contributed by atoms with E-state index in [1.165, 1.54) is 22.1 Å². The SMILES string of the molecule is O=C(CCCCCCNS(=O)CCc1ccc(-c2ccc3[nH]ccc3c2)cc1)NO. The van der Waals surface area contributed by atoms with Crippen molar-refractivity contribution in [2.45, 2.75) is 38.5 Å². The van der Waals surface area contributed by atoms with E-state index in [9.17, 15) is 9.00 Å². The Morgan fingerprint density at radius 1 is 0.967 bits per heavy atom. The molecule has 1 amide bonds. The number of H-pyrrole nitrogens is 1. The lowest BCUT2D eigenvalue weighted by molar-refractivity contribution is -0.129. The predicted molar refractivity (Wildman–Crippen MR) is 121 cm³/mol. The first-order valence-electron chi connectivity index (χ1n) is 10.4. The second-order valence-corrected chi connectivity index (χ2v) is 8.76. The minimum absolute atomic E-state index is 0.343. The number of rotatable bonds is 12. The number of aryl methyl sites for hydroxylation is 1. The first-order valence-corrected chi connectivity index (χ1v) is 11.7. The number of fused-ring (bicyclic) bond motifs is 1. The zero-order chi connectivity index (χ0) is 21.2. The smallest absolute Gasteiger partial charge is 0.243 e. The molecule has 0 bridgehead atoms. The van der Waals surface area contributed by atoms with E-state index in [1.54, 1.807) is 5.48 Å². The van der Waals surface area contributed by atoms with Gasteiger partial charge < -0.3 is 4.98 Å². The number of unbranched alkanes of at least 4 members (excludes halogenated alkanes) is 3. The summed E-state index contributed by atoms with van der Waals surface area (Å²) in [5, 5.41) is 9.62. The van der Waals surface area contributed by atoms with Gasteiger partial charge >= 0.3 is 0 Å². The van der Waals surface area contributed by atoms with Crippen LogP contribution in [0.25, 0.3) is 22.0 Å². The lowest BCUT2D eigenvalue weighted by Crippen LogP contribution is -2.22. The van der Waals surface area contributed by atoms with Crippen molar-refractivity contribution in [2.24, 2.45) is 0 Å². The van der Waals surface area contributed by atoms with Crippen LogP contribution in [0.15, 0.2) is 54.7 Å². The number of nitrogens with one attached hydrogen (secondary N) is 3. The number of aromatic amines is 1. The van der Waals surface area contributed by atoms with Gasteiger partial charge in [0.15, 0.2) is 0 Å². The number of amides is 1. The number of benzene rings is 2. The summed E-state index contributed by atoms with van der Waals surface area (Å²) < 4.78 is 15.2. The van der Waals surface area contributed by atoms with Gasteiger partial charge in [-0.05, 0) is 59.5 Å². The van der Waals surface area contributed by atoms with E-state index in [4.69, 9.17) is 5.21 Å². The van der Waals surface area contributed by atoms with Gasteiger partial charge in [-0.25, -0.2) is 14.4 Å². The van der Waals surface area contributed by atoms with Gasteiger partial charge in [0.1, 0.15) is 0 Å². The maximum Gasteiger partial charge on any atom is 0.243 e. The van der Waals surface area contributed by atoms with Crippen molar-refractivity contribution in [1.29, 1.82) is 0 Å². The largest absolute Gasteiger partial charge is 0.361 e. The van der Waals surface area contributed by atoms with Gasteiger partial charge in [0.05, 0.1) is 11.0 Å². The Morgan fingerprint density at radius 3 is 2.53 bits per heavy atom. The van der Waals surface area contributed by atoms with E-state index in [0.29, 0.717) is 18.7 Å². The number of carbonyl (C=O) groups is 1. The standard InChI is InChI=1S/C23H29N3O3S/c27-23(26-28)5-3-1-2-4-14-25-30(29)16-13-18-6-8-19(9-7-18)20-10-11-22-21(17-20)12-15-24-22/h6-12,15,17,24-25,28H,1-5,13-14,16H2,(H,26,27). The molecular formula is C23H29N3O3S. The van der Waals surface area contributed by atoms with Crippen LogP contribution in [-0.2, 0) is 22.2 Å². The minimum Gasteiger partial charge on any atom is -0.361 e. The number of carbonyl (C=O) groups excluding carboxylic acids is 1. The van der Waals surface area contributed by atoms with Crippen LogP contribution in [0.3, 0.4) is 0 Å². The first kappa shape index (κ1) is 22.2. The monoisotopic (exact) mass is 427 g/mol. The molecule has 0 fully saturated rings. The Labute approximate surface area is 179 Å². The Balaban J connectivity index is 1.34. The lowest BCUT2D eigenvalue weighted by atomic mass is 10.0. The molecule has 0 saturated carbocycles. The number of hydroxylamine groups is 1. The molecular weight excluding hydrogens is 398 g/mol. The summed E-state index contributed by atoms with van der Waals surface area (Å²) in [4.78, 5) is 14.1. The normalized spacial score (nSPS) is 12.2. The van der Waals surface area contributed by atoms with Crippen LogP contribution in [0, 0.1) is 0 Å². The number of aromatic nitrogens is 1. The van der Waals surface area contributed by atoms with Crippen LogP contribution >= 0.6 is 0 Å². The fourth-order valence-corrected chi connectivity index (χ4v) is 4.32.